The number of aromatic nitrogens is 2. The number of hydrogen-bond donors (Lipinski definition) is 0. The zero-order valence-corrected chi connectivity index (χ0v) is 10.2. The number of rotatable bonds is 4. The fraction of sp³-hybridized carbons (Fsp3) is 0.154. The van der Waals surface area contributed by atoms with E-state index >= 15 is 0 Å². The molecule has 1 heterocycles. The number of benzene rings is 1. The molecule has 92 valence electrons. The van der Waals surface area contributed by atoms with Crippen molar-refractivity contribution >= 4 is 11.9 Å². The Morgan fingerprint density at radius 2 is 1.89 bits per heavy atom. The molecule has 0 saturated heterocycles. The Morgan fingerprint density at radius 3 is 2.56 bits per heavy atom. The van der Waals surface area contributed by atoms with Crippen molar-refractivity contribution < 1.29 is 9.47 Å². The van der Waals surface area contributed by atoms with Crippen molar-refractivity contribution in [3.05, 3.63) is 42.4 Å². The van der Waals surface area contributed by atoms with Crippen LogP contribution in [0.25, 0.3) is 0 Å². The molecule has 0 amide bonds. The second-order valence-electron chi connectivity index (χ2n) is 3.41. The lowest BCUT2D eigenvalue weighted by Crippen LogP contribution is -1.92. The first-order chi connectivity index (χ1) is 8.83. The molecule has 0 N–H and O–H groups in total. The molecule has 0 radical (unpaired) electrons. The highest BCUT2D eigenvalue weighted by molar-refractivity contribution is 5.80. The van der Waals surface area contributed by atoms with Gasteiger partial charge in [0.1, 0.15) is 11.4 Å². The molecule has 2 aromatic rings. The Bertz CT molecular complexity index is 538. The van der Waals surface area contributed by atoms with Crippen LogP contribution in [0.1, 0.15) is 5.69 Å². The average molecular weight is 243 g/mol. The fourth-order valence-corrected chi connectivity index (χ4v) is 1.37. The van der Waals surface area contributed by atoms with Gasteiger partial charge in [-0.2, -0.15) is 0 Å². The molecule has 0 aliphatic carbocycles. The Hall–Kier alpha value is -2.43. The van der Waals surface area contributed by atoms with Crippen molar-refractivity contribution in [1.82, 2.24) is 9.97 Å². The van der Waals surface area contributed by atoms with E-state index in [0.717, 1.165) is 11.4 Å². The van der Waals surface area contributed by atoms with Gasteiger partial charge in [-0.05, 0) is 12.1 Å². The third-order valence-electron chi connectivity index (χ3n) is 2.28. The van der Waals surface area contributed by atoms with Gasteiger partial charge in [-0.3, -0.25) is 4.99 Å². The number of hydrogen-bond acceptors (Lipinski definition) is 5. The van der Waals surface area contributed by atoms with E-state index in [1.807, 2.05) is 24.3 Å². The summed E-state index contributed by atoms with van der Waals surface area (Å²) >= 11 is 0. The molecule has 0 fully saturated rings. The summed E-state index contributed by atoms with van der Waals surface area (Å²) in [5, 5.41) is 0. The van der Waals surface area contributed by atoms with Gasteiger partial charge in [-0.15, -0.1) is 0 Å². The molecule has 2 rings (SSSR count). The Morgan fingerprint density at radius 1 is 1.06 bits per heavy atom. The quantitative estimate of drug-likeness (QED) is 0.773. The molecule has 0 aliphatic rings. The molecular formula is C13H13N3O2. The molecule has 0 aliphatic heterocycles. The summed E-state index contributed by atoms with van der Waals surface area (Å²) < 4.78 is 10.1. The smallest absolute Gasteiger partial charge is 0.232 e. The van der Waals surface area contributed by atoms with Crippen molar-refractivity contribution in [3.8, 4) is 11.6 Å². The van der Waals surface area contributed by atoms with Crippen LogP contribution in [-0.2, 0) is 0 Å². The van der Waals surface area contributed by atoms with Crippen molar-refractivity contribution in [3.63, 3.8) is 0 Å². The van der Waals surface area contributed by atoms with Gasteiger partial charge in [0.25, 0.3) is 0 Å². The van der Waals surface area contributed by atoms with E-state index in [1.165, 1.54) is 0 Å². The van der Waals surface area contributed by atoms with E-state index in [-0.39, 0.29) is 0 Å². The van der Waals surface area contributed by atoms with E-state index in [9.17, 15) is 0 Å². The van der Waals surface area contributed by atoms with E-state index in [2.05, 4.69) is 15.0 Å². The maximum Gasteiger partial charge on any atom is 0.232 e. The Balaban J connectivity index is 2.19. The minimum atomic E-state index is 0.476. The normalized spacial score (nSPS) is 10.6. The van der Waals surface area contributed by atoms with Crippen LogP contribution in [0.2, 0.25) is 0 Å². The summed E-state index contributed by atoms with van der Waals surface area (Å²) in [4.78, 5) is 12.5. The molecule has 0 unspecified atom stereocenters. The molecule has 0 atom stereocenters. The van der Waals surface area contributed by atoms with E-state index in [1.54, 1.807) is 32.8 Å². The average Bonchev–Trinajstić information content (AvgIpc) is 2.46. The van der Waals surface area contributed by atoms with E-state index < -0.39 is 0 Å². The Kier molecular flexibility index (Phi) is 3.86. The van der Waals surface area contributed by atoms with Gasteiger partial charge >= 0.3 is 0 Å². The molecule has 5 heteroatoms. The largest absolute Gasteiger partial charge is 0.494 e. The second-order valence-corrected chi connectivity index (χ2v) is 3.41. The van der Waals surface area contributed by atoms with Crippen LogP contribution < -0.4 is 9.47 Å². The molecule has 0 bridgehead atoms. The van der Waals surface area contributed by atoms with Crippen LogP contribution >= 0.6 is 0 Å². The van der Waals surface area contributed by atoms with Gasteiger partial charge in [0.05, 0.1) is 38.5 Å². The van der Waals surface area contributed by atoms with E-state index in [4.69, 9.17) is 9.47 Å². The minimum absolute atomic E-state index is 0.476. The SMILES string of the molecule is COc1cnc(C=Nc2ccccc2OC)cn1. The van der Waals surface area contributed by atoms with E-state index in [0.29, 0.717) is 11.6 Å². The first-order valence-corrected chi connectivity index (χ1v) is 5.36. The summed E-state index contributed by atoms with van der Waals surface area (Å²) in [6.07, 6.45) is 4.77. The number of para-hydroxylation sites is 2. The van der Waals surface area contributed by atoms with Crippen molar-refractivity contribution in [1.29, 1.82) is 0 Å². The van der Waals surface area contributed by atoms with Crippen molar-refractivity contribution in [2.75, 3.05) is 14.2 Å². The number of methoxy groups -OCH3 is 2. The third kappa shape index (κ3) is 2.82. The Labute approximate surface area is 105 Å². The van der Waals surface area contributed by atoms with Gasteiger partial charge < -0.3 is 9.47 Å². The standard InChI is InChI=1S/C13H13N3O2/c1-17-12-6-4-3-5-11(12)15-7-10-8-16-13(18-2)9-14-10/h3-9H,1-2H3. The maximum absolute atomic E-state index is 5.20. The predicted octanol–water partition coefficient (Wildman–Crippen LogP) is 2.24. The fourth-order valence-electron chi connectivity index (χ4n) is 1.37. The van der Waals surface area contributed by atoms with Crippen LogP contribution in [0.4, 0.5) is 5.69 Å². The van der Waals surface area contributed by atoms with Gasteiger partial charge in [-0.1, -0.05) is 12.1 Å². The van der Waals surface area contributed by atoms with Gasteiger partial charge in [0.15, 0.2) is 0 Å². The van der Waals surface area contributed by atoms with Crippen LogP contribution in [0.5, 0.6) is 11.6 Å². The summed E-state index contributed by atoms with van der Waals surface area (Å²) in [5.41, 5.74) is 1.40. The maximum atomic E-state index is 5.20. The lowest BCUT2D eigenvalue weighted by atomic mass is 10.3. The summed E-state index contributed by atoms with van der Waals surface area (Å²) in [6, 6.07) is 7.51. The zero-order valence-electron chi connectivity index (χ0n) is 10.2. The lowest BCUT2D eigenvalue weighted by Gasteiger charge is -2.02. The first-order valence-electron chi connectivity index (χ1n) is 5.36. The van der Waals surface area contributed by atoms with Crippen LogP contribution in [0.15, 0.2) is 41.7 Å². The first kappa shape index (κ1) is 12.0. The predicted molar refractivity (Wildman–Crippen MR) is 68.8 cm³/mol. The number of nitrogens with zero attached hydrogens (tertiary/aromatic N) is 3. The van der Waals surface area contributed by atoms with Gasteiger partial charge in [0.2, 0.25) is 5.88 Å². The zero-order chi connectivity index (χ0) is 12.8. The molecule has 0 saturated carbocycles. The topological polar surface area (TPSA) is 56.6 Å². The number of aliphatic imine (C=N–C) groups is 1. The van der Waals surface area contributed by atoms with Crippen LogP contribution in [-0.4, -0.2) is 30.4 Å². The minimum Gasteiger partial charge on any atom is -0.494 e. The highest BCUT2D eigenvalue weighted by Crippen LogP contribution is 2.25. The second kappa shape index (κ2) is 5.77. The lowest BCUT2D eigenvalue weighted by molar-refractivity contribution is 0.395. The van der Waals surface area contributed by atoms with Gasteiger partial charge in [-0.25, -0.2) is 9.97 Å². The summed E-state index contributed by atoms with van der Waals surface area (Å²) in [7, 11) is 3.16. The van der Waals surface area contributed by atoms with Crippen molar-refractivity contribution in [2.45, 2.75) is 0 Å². The summed E-state index contributed by atoms with van der Waals surface area (Å²) in [6.45, 7) is 0. The molecular weight excluding hydrogens is 230 g/mol. The summed E-state index contributed by atoms with van der Waals surface area (Å²) in [5.74, 6) is 1.19. The third-order valence-corrected chi connectivity index (χ3v) is 2.28. The van der Waals surface area contributed by atoms with Crippen molar-refractivity contribution in [2.24, 2.45) is 4.99 Å². The molecule has 1 aromatic carbocycles. The van der Waals surface area contributed by atoms with Gasteiger partial charge in [0, 0.05) is 0 Å². The monoisotopic (exact) mass is 243 g/mol. The van der Waals surface area contributed by atoms with Crippen LogP contribution in [0.3, 0.4) is 0 Å². The molecule has 18 heavy (non-hydrogen) atoms. The number of ether oxygens (including phenoxy) is 2. The molecule has 0 spiro atoms. The molecule has 5 nitrogen and oxygen atoms in total. The van der Waals surface area contributed by atoms with Crippen LogP contribution in [0, 0.1) is 0 Å². The highest BCUT2D eigenvalue weighted by Gasteiger charge is 1.99. The highest BCUT2D eigenvalue weighted by atomic mass is 16.5. The molecule has 1 aromatic heterocycles.